The van der Waals surface area contributed by atoms with Gasteiger partial charge in [-0.05, 0) is 109 Å². The monoisotopic (exact) mass is 1010 g/mol. The van der Waals surface area contributed by atoms with Crippen molar-refractivity contribution in [2.75, 3.05) is 13.2 Å². The number of carbonyl (C=O) groups excluding carboxylic acids is 3. The van der Waals surface area contributed by atoms with Crippen molar-refractivity contribution >= 4 is 17.9 Å². The molecule has 1 atom stereocenters. The lowest BCUT2D eigenvalue weighted by Gasteiger charge is -2.18. The van der Waals surface area contributed by atoms with E-state index in [4.69, 9.17) is 14.2 Å². The summed E-state index contributed by atoms with van der Waals surface area (Å²) in [4.78, 5) is 38.3. The molecular weight excluding hydrogens is 901 g/mol. The highest BCUT2D eigenvalue weighted by Gasteiger charge is 2.19. The van der Waals surface area contributed by atoms with Gasteiger partial charge in [-0.25, -0.2) is 0 Å². The molecule has 0 N–H and O–H groups in total. The molecule has 0 radical (unpaired) electrons. The molecule has 0 amide bonds. The molecule has 0 fully saturated rings. The molecule has 0 aliphatic rings. The quantitative estimate of drug-likeness (QED) is 0.0199. The van der Waals surface area contributed by atoms with E-state index in [1.165, 1.54) is 180 Å². The first-order valence-corrected chi connectivity index (χ1v) is 30.8. The van der Waals surface area contributed by atoms with E-state index < -0.39 is 6.10 Å². The Morgan fingerprint density at radius 1 is 0.288 bits per heavy atom. The Morgan fingerprint density at radius 2 is 0.548 bits per heavy atom. The Bertz CT molecular complexity index is 1440. The molecule has 0 aromatic carbocycles. The maximum absolute atomic E-state index is 12.9. The lowest BCUT2D eigenvalue weighted by atomic mass is 10.1. The minimum Gasteiger partial charge on any atom is -0.462 e. The summed E-state index contributed by atoms with van der Waals surface area (Å²) in [6.45, 7) is 6.52. The molecule has 0 aliphatic carbocycles. The molecule has 6 nitrogen and oxygen atoms in total. The van der Waals surface area contributed by atoms with Gasteiger partial charge < -0.3 is 14.2 Å². The van der Waals surface area contributed by atoms with Gasteiger partial charge in [-0.2, -0.15) is 0 Å². The third-order valence-corrected chi connectivity index (χ3v) is 13.1. The highest BCUT2D eigenvalue weighted by molar-refractivity contribution is 5.71. The normalized spacial score (nSPS) is 12.8. The van der Waals surface area contributed by atoms with Gasteiger partial charge in [-0.1, -0.05) is 259 Å². The van der Waals surface area contributed by atoms with Gasteiger partial charge in [0.2, 0.25) is 0 Å². The third-order valence-electron chi connectivity index (χ3n) is 13.1. The van der Waals surface area contributed by atoms with Crippen molar-refractivity contribution in [1.29, 1.82) is 0 Å². The topological polar surface area (TPSA) is 78.9 Å². The molecule has 0 rings (SSSR count). The third kappa shape index (κ3) is 59.1. The van der Waals surface area contributed by atoms with E-state index in [2.05, 4.69) is 118 Å². The van der Waals surface area contributed by atoms with Crippen LogP contribution in [0.5, 0.6) is 0 Å². The Kier molecular flexibility index (Phi) is 57.8. The SMILES string of the molecule is CCCCC/C=C\C=C/CCCCCCCCCCCCC(=O)OCC(COC(=O)CCC/C=C\C/C=C\C/C=C\C/C=C\CCCCC)OC(=O)CCCCCCCCCCCC/C=C\C=C/CCCCC. The first kappa shape index (κ1) is 69.3. The van der Waals surface area contributed by atoms with Crippen molar-refractivity contribution in [1.82, 2.24) is 0 Å². The summed E-state index contributed by atoms with van der Waals surface area (Å²) in [6.07, 6.45) is 81.1. The molecule has 0 heterocycles. The fourth-order valence-electron chi connectivity index (χ4n) is 8.42. The van der Waals surface area contributed by atoms with Crippen LogP contribution in [0.3, 0.4) is 0 Å². The maximum atomic E-state index is 12.9. The van der Waals surface area contributed by atoms with E-state index >= 15 is 0 Å². The summed E-state index contributed by atoms with van der Waals surface area (Å²) >= 11 is 0. The molecule has 1 unspecified atom stereocenters. The van der Waals surface area contributed by atoms with Crippen molar-refractivity contribution in [3.63, 3.8) is 0 Å². The molecule has 0 saturated carbocycles. The Hall–Kier alpha value is -3.67. The predicted octanol–water partition coefficient (Wildman–Crippen LogP) is 20.9. The highest BCUT2D eigenvalue weighted by atomic mass is 16.6. The van der Waals surface area contributed by atoms with Crippen molar-refractivity contribution in [2.24, 2.45) is 0 Å². The van der Waals surface area contributed by atoms with Crippen LogP contribution in [0.1, 0.15) is 290 Å². The molecule has 0 bridgehead atoms. The molecular formula is C67H114O6. The van der Waals surface area contributed by atoms with Gasteiger partial charge in [-0.15, -0.1) is 0 Å². The second kappa shape index (κ2) is 60.9. The Labute approximate surface area is 451 Å². The van der Waals surface area contributed by atoms with Crippen molar-refractivity contribution in [2.45, 2.75) is 297 Å². The number of hydrogen-bond acceptors (Lipinski definition) is 6. The van der Waals surface area contributed by atoms with Crippen LogP contribution in [0, 0.1) is 0 Å². The lowest BCUT2D eigenvalue weighted by molar-refractivity contribution is -0.167. The van der Waals surface area contributed by atoms with Crippen molar-refractivity contribution in [3.8, 4) is 0 Å². The fraction of sp³-hybridized carbons (Fsp3) is 0.716. The fourth-order valence-corrected chi connectivity index (χ4v) is 8.42. The number of hydrogen-bond donors (Lipinski definition) is 0. The second-order valence-corrected chi connectivity index (χ2v) is 20.3. The zero-order valence-corrected chi connectivity index (χ0v) is 47.9. The highest BCUT2D eigenvalue weighted by Crippen LogP contribution is 2.15. The summed E-state index contributed by atoms with van der Waals surface area (Å²) < 4.78 is 16.9. The Morgan fingerprint density at radius 3 is 0.904 bits per heavy atom. The van der Waals surface area contributed by atoms with Crippen LogP contribution in [0.2, 0.25) is 0 Å². The summed E-state index contributed by atoms with van der Waals surface area (Å²) in [6, 6.07) is 0. The van der Waals surface area contributed by atoms with Crippen LogP contribution < -0.4 is 0 Å². The average molecular weight is 1020 g/mol. The predicted molar refractivity (Wildman–Crippen MR) is 316 cm³/mol. The molecule has 0 spiro atoms. The molecule has 0 aliphatic heterocycles. The number of rotatable bonds is 55. The van der Waals surface area contributed by atoms with Crippen LogP contribution in [-0.2, 0) is 28.6 Å². The van der Waals surface area contributed by atoms with Crippen LogP contribution in [0.25, 0.3) is 0 Å². The number of esters is 3. The first-order chi connectivity index (χ1) is 36.0. The summed E-state index contributed by atoms with van der Waals surface area (Å²) in [5.74, 6) is -0.955. The van der Waals surface area contributed by atoms with E-state index in [9.17, 15) is 14.4 Å². The van der Waals surface area contributed by atoms with Crippen LogP contribution in [0.4, 0.5) is 0 Å². The number of unbranched alkanes of at least 4 members (excludes halogenated alkanes) is 30. The second-order valence-electron chi connectivity index (χ2n) is 20.3. The van der Waals surface area contributed by atoms with Gasteiger partial charge in [0.1, 0.15) is 13.2 Å². The van der Waals surface area contributed by atoms with Gasteiger partial charge >= 0.3 is 17.9 Å². The smallest absolute Gasteiger partial charge is 0.306 e. The summed E-state index contributed by atoms with van der Waals surface area (Å²) in [5, 5.41) is 0. The van der Waals surface area contributed by atoms with Crippen molar-refractivity contribution in [3.05, 3.63) is 97.2 Å². The van der Waals surface area contributed by atoms with E-state index in [0.717, 1.165) is 64.2 Å². The molecule has 0 aromatic heterocycles. The Balaban J connectivity index is 4.46. The number of carbonyl (C=O) groups is 3. The maximum Gasteiger partial charge on any atom is 0.306 e. The van der Waals surface area contributed by atoms with Gasteiger partial charge in [0.25, 0.3) is 0 Å². The zero-order chi connectivity index (χ0) is 52.9. The van der Waals surface area contributed by atoms with E-state index in [1.807, 2.05) is 0 Å². The number of ether oxygens (including phenoxy) is 3. The molecule has 0 aromatic rings. The molecule has 73 heavy (non-hydrogen) atoms. The molecule has 0 saturated heterocycles. The van der Waals surface area contributed by atoms with Gasteiger partial charge in [0, 0.05) is 19.3 Å². The van der Waals surface area contributed by atoms with Gasteiger partial charge in [0.15, 0.2) is 6.10 Å². The first-order valence-electron chi connectivity index (χ1n) is 30.8. The van der Waals surface area contributed by atoms with E-state index in [-0.39, 0.29) is 37.5 Å². The van der Waals surface area contributed by atoms with E-state index in [0.29, 0.717) is 19.3 Å². The zero-order valence-electron chi connectivity index (χ0n) is 47.9. The minimum atomic E-state index is -0.805. The minimum absolute atomic E-state index is 0.0974. The van der Waals surface area contributed by atoms with Crippen LogP contribution in [0.15, 0.2) is 97.2 Å². The van der Waals surface area contributed by atoms with Gasteiger partial charge in [-0.3, -0.25) is 14.4 Å². The van der Waals surface area contributed by atoms with Crippen molar-refractivity contribution < 1.29 is 28.6 Å². The van der Waals surface area contributed by atoms with Gasteiger partial charge in [0.05, 0.1) is 0 Å². The number of allylic oxidation sites excluding steroid dienone is 16. The summed E-state index contributed by atoms with van der Waals surface area (Å²) in [5.41, 5.74) is 0. The average Bonchev–Trinajstić information content (AvgIpc) is 3.39. The van der Waals surface area contributed by atoms with Crippen LogP contribution >= 0.6 is 0 Å². The lowest BCUT2D eigenvalue weighted by Crippen LogP contribution is -2.30. The summed E-state index contributed by atoms with van der Waals surface area (Å²) in [7, 11) is 0. The largest absolute Gasteiger partial charge is 0.462 e. The standard InChI is InChI=1S/C67H114O6/c1-4-7-10-13-16-19-22-25-28-31-33-36-39-42-45-48-51-54-57-60-66(69)72-63-64(62-71-65(68)59-56-53-50-47-44-41-38-35-30-27-24-21-18-15-12-9-6-3)73-67(70)61-58-55-52-49-46-43-40-37-34-32-29-26-23-20-17-14-11-8-5-2/h16-23,25-27,30,38,41,47,50,64H,4-15,24,28-29,31-37,39-40,42-46,48-49,51-63H2,1-3H3/b19-16-,20-17-,21-18-,25-22-,26-23-,30-27-,41-38-,50-47-. The van der Waals surface area contributed by atoms with E-state index in [1.54, 1.807) is 0 Å². The molecule has 6 heteroatoms. The molecule has 418 valence electrons. The van der Waals surface area contributed by atoms with Crippen LogP contribution in [-0.4, -0.2) is 37.2 Å².